The maximum absolute atomic E-state index is 2.67. The van der Waals surface area contributed by atoms with Crippen LogP contribution in [0.25, 0.3) is 0 Å². The van der Waals surface area contributed by atoms with Crippen LogP contribution < -0.4 is 0 Å². The highest BCUT2D eigenvalue weighted by atomic mass is 28.1. The van der Waals surface area contributed by atoms with E-state index in [4.69, 9.17) is 0 Å². The quantitative estimate of drug-likeness (QED) is 0.519. The largest absolute Gasteiger partial charge is 0.303 e. The highest BCUT2D eigenvalue weighted by Crippen LogP contribution is 2.40. The second-order valence-electron chi connectivity index (χ2n) is 5.73. The van der Waals surface area contributed by atoms with E-state index in [9.17, 15) is 0 Å². The third-order valence-electron chi connectivity index (χ3n) is 4.83. The number of piperidine rings is 1. The molecule has 0 amide bonds. The van der Waals surface area contributed by atoms with Crippen molar-refractivity contribution >= 4 is 10.2 Å². The number of rotatable bonds is 6. The Balaban J connectivity index is 2.46. The standard InChI is InChI=1S/C15H31NSi/c1-4-14(15(17,5-2)6-3)10-13-16-11-8-7-9-12-16/h4H,5-13H2,1-3,17H3. The van der Waals surface area contributed by atoms with Crippen LogP contribution in [-0.4, -0.2) is 34.8 Å². The second kappa shape index (κ2) is 7.37. The van der Waals surface area contributed by atoms with Gasteiger partial charge in [0.1, 0.15) is 0 Å². The minimum Gasteiger partial charge on any atom is -0.303 e. The van der Waals surface area contributed by atoms with Gasteiger partial charge in [-0.05, 0) is 44.3 Å². The molecule has 0 atom stereocenters. The van der Waals surface area contributed by atoms with E-state index in [-0.39, 0.29) is 0 Å². The molecule has 100 valence electrons. The molecule has 1 nitrogen and oxygen atoms in total. The molecule has 1 heterocycles. The number of likely N-dealkylation sites (tertiary alicyclic amines) is 1. The van der Waals surface area contributed by atoms with Crippen LogP contribution in [-0.2, 0) is 0 Å². The Kier molecular flexibility index (Phi) is 6.50. The van der Waals surface area contributed by atoms with E-state index in [0.29, 0.717) is 5.04 Å². The van der Waals surface area contributed by atoms with Crippen LogP contribution in [0.5, 0.6) is 0 Å². The topological polar surface area (TPSA) is 3.24 Å². The predicted molar refractivity (Wildman–Crippen MR) is 81.9 cm³/mol. The Bertz CT molecular complexity index is 237. The van der Waals surface area contributed by atoms with Crippen LogP contribution in [0.1, 0.15) is 59.3 Å². The summed E-state index contributed by atoms with van der Waals surface area (Å²) in [6.45, 7) is 10.9. The van der Waals surface area contributed by atoms with Crippen molar-refractivity contribution in [3.05, 3.63) is 11.6 Å². The van der Waals surface area contributed by atoms with E-state index in [1.54, 1.807) is 5.57 Å². The summed E-state index contributed by atoms with van der Waals surface area (Å²) >= 11 is 0. The zero-order valence-electron chi connectivity index (χ0n) is 12.4. The van der Waals surface area contributed by atoms with Crippen LogP contribution in [0.4, 0.5) is 0 Å². The van der Waals surface area contributed by atoms with Crippen molar-refractivity contribution < 1.29 is 0 Å². The Labute approximate surface area is 111 Å². The maximum atomic E-state index is 2.67. The summed E-state index contributed by atoms with van der Waals surface area (Å²) in [5.41, 5.74) is 1.74. The fraction of sp³-hybridized carbons (Fsp3) is 0.867. The molecule has 0 radical (unpaired) electrons. The molecule has 0 aromatic heterocycles. The molecule has 0 N–H and O–H groups in total. The van der Waals surface area contributed by atoms with Gasteiger partial charge in [-0.25, -0.2) is 0 Å². The van der Waals surface area contributed by atoms with Crippen molar-refractivity contribution in [2.75, 3.05) is 19.6 Å². The highest BCUT2D eigenvalue weighted by molar-refractivity contribution is 6.17. The van der Waals surface area contributed by atoms with Gasteiger partial charge in [0.05, 0.1) is 0 Å². The van der Waals surface area contributed by atoms with Gasteiger partial charge in [-0.3, -0.25) is 0 Å². The monoisotopic (exact) mass is 253 g/mol. The molecule has 0 aromatic rings. The molecule has 2 heteroatoms. The van der Waals surface area contributed by atoms with Crippen LogP contribution in [0.15, 0.2) is 11.6 Å². The number of hydrogen-bond acceptors (Lipinski definition) is 1. The fourth-order valence-corrected chi connectivity index (χ4v) is 3.50. The molecule has 17 heavy (non-hydrogen) atoms. The van der Waals surface area contributed by atoms with Crippen LogP contribution in [0, 0.1) is 0 Å². The zero-order chi connectivity index (χ0) is 12.7. The SMILES string of the molecule is CC=C(CCN1CCCCC1)C([SiH3])(CC)CC. The van der Waals surface area contributed by atoms with E-state index in [0.717, 1.165) is 0 Å². The van der Waals surface area contributed by atoms with Crippen molar-refractivity contribution in [3.8, 4) is 0 Å². The van der Waals surface area contributed by atoms with Gasteiger partial charge in [-0.2, -0.15) is 0 Å². The Morgan fingerprint density at radius 3 is 2.24 bits per heavy atom. The van der Waals surface area contributed by atoms with Crippen LogP contribution in [0.2, 0.25) is 5.04 Å². The molecule has 1 rings (SSSR count). The van der Waals surface area contributed by atoms with E-state index in [1.165, 1.54) is 68.4 Å². The number of hydrogen-bond donors (Lipinski definition) is 0. The summed E-state index contributed by atoms with van der Waals surface area (Å²) in [6, 6.07) is 0. The third kappa shape index (κ3) is 4.25. The summed E-state index contributed by atoms with van der Waals surface area (Å²) in [5.74, 6) is 0. The van der Waals surface area contributed by atoms with Gasteiger partial charge in [0.15, 0.2) is 0 Å². The summed E-state index contributed by atoms with van der Waals surface area (Å²) in [6.07, 6.45) is 10.6. The first-order valence-electron chi connectivity index (χ1n) is 7.54. The van der Waals surface area contributed by atoms with Crippen LogP contribution in [0.3, 0.4) is 0 Å². The van der Waals surface area contributed by atoms with Gasteiger partial charge < -0.3 is 4.90 Å². The third-order valence-corrected chi connectivity index (χ3v) is 6.89. The molecule has 0 bridgehead atoms. The molecule has 1 saturated heterocycles. The Hall–Kier alpha value is -0.0831. The van der Waals surface area contributed by atoms with Crippen molar-refractivity contribution in [2.45, 2.75) is 64.3 Å². The van der Waals surface area contributed by atoms with Gasteiger partial charge >= 0.3 is 0 Å². The van der Waals surface area contributed by atoms with Gasteiger partial charge in [0.2, 0.25) is 0 Å². The summed E-state index contributed by atoms with van der Waals surface area (Å²) in [5, 5.41) is 0.574. The van der Waals surface area contributed by atoms with Gasteiger partial charge in [-0.1, -0.05) is 44.8 Å². The number of nitrogens with zero attached hydrogens (tertiary/aromatic N) is 1. The molecule has 1 aliphatic rings. The van der Waals surface area contributed by atoms with E-state index in [1.807, 2.05) is 0 Å². The van der Waals surface area contributed by atoms with Crippen molar-refractivity contribution in [1.82, 2.24) is 4.90 Å². The van der Waals surface area contributed by atoms with E-state index < -0.39 is 0 Å². The normalized spacial score (nSPS) is 19.8. The first-order chi connectivity index (χ1) is 8.16. The predicted octanol–water partition coefficient (Wildman–Crippen LogP) is 3.15. The average molecular weight is 254 g/mol. The molecule has 0 aromatic carbocycles. The first kappa shape index (κ1) is 15.0. The second-order valence-corrected chi connectivity index (χ2v) is 7.65. The maximum Gasteiger partial charge on any atom is 0.0157 e. The Morgan fingerprint density at radius 2 is 1.76 bits per heavy atom. The average Bonchev–Trinajstić information content (AvgIpc) is 2.40. The van der Waals surface area contributed by atoms with E-state index >= 15 is 0 Å². The lowest BCUT2D eigenvalue weighted by atomic mass is 9.89. The lowest BCUT2D eigenvalue weighted by molar-refractivity contribution is 0.229. The molecule has 0 spiro atoms. The molecule has 1 aliphatic heterocycles. The highest BCUT2D eigenvalue weighted by Gasteiger charge is 2.24. The van der Waals surface area contributed by atoms with Crippen LogP contribution >= 0.6 is 0 Å². The molecule has 0 saturated carbocycles. The molecular formula is C15H31NSi. The Morgan fingerprint density at radius 1 is 1.18 bits per heavy atom. The summed E-state index contributed by atoms with van der Waals surface area (Å²) in [7, 11) is 1.30. The smallest absolute Gasteiger partial charge is 0.0157 e. The lowest BCUT2D eigenvalue weighted by Gasteiger charge is -2.33. The molecular weight excluding hydrogens is 222 g/mol. The number of allylic oxidation sites excluding steroid dienone is 1. The minimum absolute atomic E-state index is 0.574. The molecule has 0 aliphatic carbocycles. The fourth-order valence-electron chi connectivity index (χ4n) is 2.96. The van der Waals surface area contributed by atoms with E-state index in [2.05, 4.69) is 31.7 Å². The summed E-state index contributed by atoms with van der Waals surface area (Å²) < 4.78 is 0. The van der Waals surface area contributed by atoms with Gasteiger partial charge in [0.25, 0.3) is 0 Å². The van der Waals surface area contributed by atoms with Crippen molar-refractivity contribution in [1.29, 1.82) is 0 Å². The van der Waals surface area contributed by atoms with Gasteiger partial charge in [0, 0.05) is 16.8 Å². The van der Waals surface area contributed by atoms with Crippen molar-refractivity contribution in [3.63, 3.8) is 0 Å². The lowest BCUT2D eigenvalue weighted by Crippen LogP contribution is -2.31. The molecule has 0 unspecified atom stereocenters. The van der Waals surface area contributed by atoms with Gasteiger partial charge in [-0.15, -0.1) is 0 Å². The first-order valence-corrected chi connectivity index (χ1v) is 8.54. The summed E-state index contributed by atoms with van der Waals surface area (Å²) in [4.78, 5) is 2.67. The van der Waals surface area contributed by atoms with Crippen molar-refractivity contribution in [2.24, 2.45) is 0 Å². The minimum atomic E-state index is 0.574. The zero-order valence-corrected chi connectivity index (χ0v) is 14.4. The molecule has 1 fully saturated rings.